The van der Waals surface area contributed by atoms with Gasteiger partial charge in [0.2, 0.25) is 0 Å². The van der Waals surface area contributed by atoms with Crippen LogP contribution in [-0.2, 0) is 37.0 Å². The first-order chi connectivity index (χ1) is 27.6. The number of nitrogens with zero attached hydrogens (tertiary/aromatic N) is 9. The van der Waals surface area contributed by atoms with Crippen LogP contribution >= 0.6 is 0 Å². The molecule has 4 fully saturated rings. The topological polar surface area (TPSA) is 83.2 Å². The van der Waals surface area contributed by atoms with Crippen molar-refractivity contribution in [3.8, 4) is 22.8 Å². The summed E-state index contributed by atoms with van der Waals surface area (Å²) in [5.74, 6) is 5.79. The number of nitrogens with one attached hydrogen (secondary N) is 1. The molecule has 4 aliphatic heterocycles. The number of aromatic nitrogens is 6. The van der Waals surface area contributed by atoms with Crippen LogP contribution in [-0.4, -0.2) is 80.2 Å². The summed E-state index contributed by atoms with van der Waals surface area (Å²) in [7, 11) is 0. The molecule has 56 heavy (non-hydrogen) atoms. The van der Waals surface area contributed by atoms with Gasteiger partial charge in [-0.3, -0.25) is 0 Å². The molecule has 2 saturated carbocycles. The molecule has 4 unspecified atom stereocenters. The molecule has 10 nitrogen and oxygen atoms in total. The molecule has 2 saturated heterocycles. The summed E-state index contributed by atoms with van der Waals surface area (Å²) in [5.41, 5.74) is 8.78. The lowest BCUT2D eigenvalue weighted by atomic mass is 9.94. The molecular weight excluding hydrogens is 693 g/mol. The quantitative estimate of drug-likeness (QED) is 0.202. The van der Waals surface area contributed by atoms with Crippen molar-refractivity contribution < 1.29 is 0 Å². The van der Waals surface area contributed by atoms with E-state index in [4.69, 9.17) is 0 Å². The van der Waals surface area contributed by atoms with Gasteiger partial charge in [0, 0.05) is 79.1 Å². The van der Waals surface area contributed by atoms with Crippen molar-refractivity contribution in [3.05, 3.63) is 132 Å². The van der Waals surface area contributed by atoms with Gasteiger partial charge in [-0.25, -0.2) is 0 Å². The fourth-order valence-electron chi connectivity index (χ4n) is 10.4. The van der Waals surface area contributed by atoms with Gasteiger partial charge in [0.15, 0.2) is 23.3 Å². The summed E-state index contributed by atoms with van der Waals surface area (Å²) in [4.78, 5) is 7.44. The van der Waals surface area contributed by atoms with Crippen molar-refractivity contribution in [2.24, 2.45) is 11.8 Å². The van der Waals surface area contributed by atoms with Crippen LogP contribution in [0.5, 0.6) is 0 Å². The Balaban J connectivity index is 0.000000130. The molecule has 4 aromatic carbocycles. The highest BCUT2D eigenvalue weighted by atomic mass is 15.3. The maximum Gasteiger partial charge on any atom is 0.164 e. The monoisotopic (exact) mass is 742 g/mol. The van der Waals surface area contributed by atoms with Crippen LogP contribution in [0, 0.1) is 11.8 Å². The number of piperidine rings is 2. The zero-order chi connectivity index (χ0) is 37.3. The van der Waals surface area contributed by atoms with Crippen molar-refractivity contribution in [1.29, 1.82) is 0 Å². The molecular formula is C46H50N10. The Morgan fingerprint density at radius 2 is 1.11 bits per heavy atom. The Bertz CT molecular complexity index is 2340. The first-order valence-electron chi connectivity index (χ1n) is 20.7. The summed E-state index contributed by atoms with van der Waals surface area (Å²) in [5, 5.41) is 21.4. The second-order valence-electron chi connectivity index (χ2n) is 16.9. The number of hydrogen-bond donors (Lipinski definition) is 1. The van der Waals surface area contributed by atoms with Gasteiger partial charge in [-0.1, -0.05) is 91.9 Å². The predicted octanol–water partition coefficient (Wildman–Crippen LogP) is 6.38. The van der Waals surface area contributed by atoms with E-state index in [0.717, 1.165) is 92.1 Å². The minimum Gasteiger partial charge on any atom is -0.362 e. The van der Waals surface area contributed by atoms with E-state index >= 15 is 0 Å². The van der Waals surface area contributed by atoms with E-state index in [1.807, 2.05) is 12.1 Å². The molecule has 0 amide bonds. The first-order valence-corrected chi connectivity index (χ1v) is 20.7. The van der Waals surface area contributed by atoms with Gasteiger partial charge in [-0.2, -0.15) is 0 Å². The summed E-state index contributed by atoms with van der Waals surface area (Å²) in [6.45, 7) is 13.8. The van der Waals surface area contributed by atoms with E-state index < -0.39 is 0 Å². The third-order valence-electron chi connectivity index (χ3n) is 13.9. The van der Waals surface area contributed by atoms with Crippen LogP contribution in [0.3, 0.4) is 0 Å². The van der Waals surface area contributed by atoms with Crippen LogP contribution in [0.2, 0.25) is 0 Å². The Labute approximate surface area is 329 Å². The van der Waals surface area contributed by atoms with Crippen molar-refractivity contribution in [2.45, 2.75) is 56.8 Å². The van der Waals surface area contributed by atoms with Crippen molar-refractivity contribution in [3.63, 3.8) is 0 Å². The Hall–Kier alpha value is -5.32. The summed E-state index contributed by atoms with van der Waals surface area (Å²) >= 11 is 0. The number of benzene rings is 4. The van der Waals surface area contributed by atoms with Gasteiger partial charge in [-0.05, 0) is 73.2 Å². The third kappa shape index (κ3) is 5.75. The van der Waals surface area contributed by atoms with Gasteiger partial charge >= 0.3 is 0 Å². The molecule has 0 radical (unpaired) electrons. The first kappa shape index (κ1) is 34.0. The van der Waals surface area contributed by atoms with Gasteiger partial charge in [0.05, 0.1) is 13.1 Å². The lowest BCUT2D eigenvalue weighted by molar-refractivity contribution is 0.314. The molecule has 0 bridgehead atoms. The molecule has 10 heteroatoms. The van der Waals surface area contributed by atoms with Gasteiger partial charge in [0.1, 0.15) is 0 Å². The van der Waals surface area contributed by atoms with Crippen LogP contribution < -0.4 is 15.1 Å². The average molecular weight is 743 g/mol. The molecule has 2 aromatic heterocycles. The summed E-state index contributed by atoms with van der Waals surface area (Å²) < 4.78 is 4.53. The molecule has 6 aromatic rings. The zero-order valence-electron chi connectivity index (χ0n) is 32.3. The van der Waals surface area contributed by atoms with Crippen LogP contribution in [0.4, 0.5) is 11.4 Å². The van der Waals surface area contributed by atoms with E-state index in [0.29, 0.717) is 10.8 Å². The number of fused-ring (bicyclic) bond motifs is 4. The van der Waals surface area contributed by atoms with Crippen molar-refractivity contribution in [1.82, 2.24) is 39.7 Å². The lowest BCUT2D eigenvalue weighted by Gasteiger charge is -2.30. The standard InChI is InChI=1S/C24H27N5.C22H23N5/c1-2-27-15-20-14-24(20,17-27)19-8-10-21(11-9-19)28-12-13-29-22(16-28)25-26-23(29)18-6-4-3-5-7-18;1-2-4-16(5-3-1)21-25-24-20-14-26(10-11-27(20)21)19-8-6-17(7-9-19)22-12-18(22)13-23-15-22/h3-11,20H,2,12-17H2,1H3;1-9,18,23H,10-15H2. The maximum atomic E-state index is 4.49. The lowest BCUT2D eigenvalue weighted by Crippen LogP contribution is -2.34. The molecule has 6 heterocycles. The number of anilines is 2. The Morgan fingerprint density at radius 1 is 0.589 bits per heavy atom. The van der Waals surface area contributed by atoms with E-state index in [9.17, 15) is 0 Å². The zero-order valence-corrected chi connectivity index (χ0v) is 32.3. The Morgan fingerprint density at radius 3 is 1.57 bits per heavy atom. The highest BCUT2D eigenvalue weighted by molar-refractivity contribution is 5.58. The SMILES string of the molecule is CCN1CC2CC2(c2ccc(N3CCn4c(nnc4-c4ccccc4)C3)cc2)C1.c1ccc(-c2nnc3n2CCN(c2ccc(C45CNCC4C5)cc2)C3)cc1. The van der Waals surface area contributed by atoms with Crippen molar-refractivity contribution >= 4 is 11.4 Å². The highest BCUT2D eigenvalue weighted by Gasteiger charge is 2.60. The van der Waals surface area contributed by atoms with Crippen LogP contribution in [0.25, 0.3) is 22.8 Å². The summed E-state index contributed by atoms with van der Waals surface area (Å²) in [6.07, 6.45) is 2.73. The predicted molar refractivity (Wildman–Crippen MR) is 220 cm³/mol. The van der Waals surface area contributed by atoms with Crippen LogP contribution in [0.1, 0.15) is 42.5 Å². The second-order valence-corrected chi connectivity index (χ2v) is 16.9. The Kier molecular flexibility index (Phi) is 8.14. The molecule has 2 aliphatic carbocycles. The minimum absolute atomic E-state index is 0.436. The third-order valence-corrected chi connectivity index (χ3v) is 13.9. The average Bonchev–Trinajstić information content (AvgIpc) is 3.75. The van der Waals surface area contributed by atoms with E-state index in [-0.39, 0.29) is 0 Å². The number of hydrogen-bond acceptors (Lipinski definition) is 8. The number of likely N-dealkylation sites (N-methyl/N-ethyl adjacent to an activating group) is 1. The number of likely N-dealkylation sites (tertiary alicyclic amines) is 1. The van der Waals surface area contributed by atoms with Gasteiger partial charge < -0.3 is 29.2 Å². The summed E-state index contributed by atoms with van der Waals surface area (Å²) in [6, 6.07) is 39.4. The second kappa shape index (κ2) is 13.4. The fourth-order valence-corrected chi connectivity index (χ4v) is 10.4. The fraction of sp³-hybridized carbons (Fsp3) is 0.391. The van der Waals surface area contributed by atoms with E-state index in [2.05, 4.69) is 154 Å². The van der Waals surface area contributed by atoms with Crippen molar-refractivity contribution in [2.75, 3.05) is 55.6 Å². The largest absolute Gasteiger partial charge is 0.362 e. The van der Waals surface area contributed by atoms with Gasteiger partial charge in [-0.15, -0.1) is 20.4 Å². The van der Waals surface area contributed by atoms with E-state index in [1.54, 1.807) is 0 Å². The van der Waals surface area contributed by atoms with E-state index in [1.165, 1.54) is 61.5 Å². The molecule has 1 N–H and O–H groups in total. The smallest absolute Gasteiger partial charge is 0.164 e. The van der Waals surface area contributed by atoms with Gasteiger partial charge in [0.25, 0.3) is 0 Å². The molecule has 0 spiro atoms. The molecule has 284 valence electrons. The number of rotatable bonds is 7. The molecule has 4 atom stereocenters. The highest BCUT2D eigenvalue weighted by Crippen LogP contribution is 2.59. The normalized spacial score (nSPS) is 25.8. The molecule has 12 rings (SSSR count). The molecule has 6 aliphatic rings. The maximum absolute atomic E-state index is 4.49. The minimum atomic E-state index is 0.436. The van der Waals surface area contributed by atoms with Crippen LogP contribution in [0.15, 0.2) is 109 Å².